The molecule has 32 heavy (non-hydrogen) atoms. The lowest BCUT2D eigenvalue weighted by molar-refractivity contribution is -0.127. The summed E-state index contributed by atoms with van der Waals surface area (Å²) in [6.45, 7) is 0. The number of halogens is 2. The normalized spacial score (nSPS) is 28.7. The van der Waals surface area contributed by atoms with Gasteiger partial charge in [-0.15, -0.1) is 23.1 Å². The number of hydrogen-bond donors (Lipinski definition) is 1. The van der Waals surface area contributed by atoms with Crippen LogP contribution in [-0.2, 0) is 10.3 Å². The van der Waals surface area contributed by atoms with Crippen molar-refractivity contribution in [3.8, 4) is 0 Å². The second-order valence-corrected chi connectivity index (χ2v) is 10.7. The Labute approximate surface area is 197 Å². The number of benzene rings is 2. The fourth-order valence-electron chi connectivity index (χ4n) is 5.68. The van der Waals surface area contributed by atoms with E-state index in [2.05, 4.69) is 10.2 Å². The summed E-state index contributed by atoms with van der Waals surface area (Å²) in [6.07, 6.45) is 0. The number of thioether (sulfide) groups is 1. The quantitative estimate of drug-likeness (QED) is 0.508. The van der Waals surface area contributed by atoms with Crippen molar-refractivity contribution in [1.29, 1.82) is 0 Å². The molecule has 0 radical (unpaired) electrons. The molecule has 162 valence electrons. The van der Waals surface area contributed by atoms with Crippen molar-refractivity contribution in [2.75, 3.05) is 16.9 Å². The number of hydrogen-bond acceptors (Lipinski definition) is 5. The zero-order valence-corrected chi connectivity index (χ0v) is 19.1. The van der Waals surface area contributed by atoms with Crippen LogP contribution in [0.25, 0.3) is 0 Å². The van der Waals surface area contributed by atoms with Crippen LogP contribution in [0.1, 0.15) is 26.7 Å². The van der Waals surface area contributed by atoms with E-state index in [1.54, 1.807) is 23.9 Å². The first-order valence-electron chi connectivity index (χ1n) is 10.3. The number of carbonyl (C=O) groups is 2. The number of thiophene rings is 1. The van der Waals surface area contributed by atoms with E-state index >= 15 is 0 Å². The van der Waals surface area contributed by atoms with Gasteiger partial charge in [0.15, 0.2) is 5.78 Å². The Morgan fingerprint density at radius 3 is 2.75 bits per heavy atom. The highest BCUT2D eigenvalue weighted by Gasteiger charge is 2.69. The molecule has 3 aromatic rings. The van der Waals surface area contributed by atoms with E-state index in [0.717, 1.165) is 11.3 Å². The smallest absolute Gasteiger partial charge is 0.250 e. The van der Waals surface area contributed by atoms with Crippen LogP contribution in [-0.4, -0.2) is 34.3 Å². The van der Waals surface area contributed by atoms with Crippen LogP contribution in [0.4, 0.5) is 10.1 Å². The first-order chi connectivity index (χ1) is 15.5. The standard InChI is InChI=1S/C24H18ClFN2O2S2/c25-14-5-3-13(4-6-14)20-18-11-31-12-28(18)24(21(20)22(29)19-2-1-9-32-19)16-10-15(26)7-8-17(16)27-23(24)30/h1-10,18,20-21H,11-12H2,(H,27,30)/t18-,20-,21+,24+/m0/s1. The molecule has 4 atom stereocenters. The first-order valence-corrected chi connectivity index (χ1v) is 12.7. The number of ketones is 1. The number of fused-ring (bicyclic) bond motifs is 4. The molecule has 2 saturated heterocycles. The molecule has 8 heteroatoms. The third-order valence-corrected chi connectivity index (χ3v) is 9.06. The predicted octanol–water partition coefficient (Wildman–Crippen LogP) is 5.36. The lowest BCUT2D eigenvalue weighted by Crippen LogP contribution is -2.52. The van der Waals surface area contributed by atoms with Gasteiger partial charge in [-0.2, -0.15) is 0 Å². The maximum atomic E-state index is 14.5. The number of Topliss-reactive ketones (excluding diaryl/α,β-unsaturated/α-hetero) is 1. The van der Waals surface area contributed by atoms with Gasteiger partial charge in [0.25, 0.3) is 0 Å². The summed E-state index contributed by atoms with van der Waals surface area (Å²) >= 11 is 9.26. The summed E-state index contributed by atoms with van der Waals surface area (Å²) in [6, 6.07) is 15.5. The minimum atomic E-state index is -1.25. The molecule has 2 fully saturated rings. The van der Waals surface area contributed by atoms with E-state index < -0.39 is 17.3 Å². The monoisotopic (exact) mass is 484 g/mol. The molecule has 0 aliphatic carbocycles. The maximum Gasteiger partial charge on any atom is 0.250 e. The Kier molecular flexibility index (Phi) is 4.73. The Hall–Kier alpha value is -2.19. The van der Waals surface area contributed by atoms with E-state index in [9.17, 15) is 14.0 Å². The molecule has 0 saturated carbocycles. The topological polar surface area (TPSA) is 49.4 Å². The summed E-state index contributed by atoms with van der Waals surface area (Å²) < 4.78 is 14.5. The third kappa shape index (κ3) is 2.71. The molecule has 0 unspecified atom stereocenters. The molecule has 1 spiro atoms. The van der Waals surface area contributed by atoms with Crippen molar-refractivity contribution in [2.45, 2.75) is 17.5 Å². The molecule has 6 rings (SSSR count). The lowest BCUT2D eigenvalue weighted by Gasteiger charge is -2.36. The van der Waals surface area contributed by atoms with Crippen LogP contribution in [0.15, 0.2) is 60.0 Å². The summed E-state index contributed by atoms with van der Waals surface area (Å²) in [7, 11) is 0. The molecule has 1 amide bonds. The van der Waals surface area contributed by atoms with Crippen molar-refractivity contribution in [3.05, 3.63) is 86.8 Å². The van der Waals surface area contributed by atoms with Gasteiger partial charge >= 0.3 is 0 Å². The van der Waals surface area contributed by atoms with E-state index in [0.29, 0.717) is 27.0 Å². The number of rotatable bonds is 3. The van der Waals surface area contributed by atoms with Gasteiger partial charge in [0.2, 0.25) is 5.91 Å². The summed E-state index contributed by atoms with van der Waals surface area (Å²) in [4.78, 5) is 30.6. The molecule has 3 aliphatic rings. The second kappa shape index (κ2) is 7.42. The van der Waals surface area contributed by atoms with Gasteiger partial charge in [-0.05, 0) is 47.3 Å². The number of nitrogens with one attached hydrogen (secondary N) is 1. The number of carbonyl (C=O) groups excluding carboxylic acids is 2. The van der Waals surface area contributed by atoms with Gasteiger partial charge in [0.05, 0.1) is 10.8 Å². The van der Waals surface area contributed by atoms with Crippen molar-refractivity contribution >= 4 is 52.1 Å². The largest absolute Gasteiger partial charge is 0.324 e. The molecule has 3 aliphatic heterocycles. The maximum absolute atomic E-state index is 14.5. The van der Waals surface area contributed by atoms with Gasteiger partial charge in [0.1, 0.15) is 11.4 Å². The van der Waals surface area contributed by atoms with Crippen molar-refractivity contribution < 1.29 is 14.0 Å². The molecule has 1 aromatic heterocycles. The van der Waals surface area contributed by atoms with E-state index in [1.165, 1.54) is 23.5 Å². The van der Waals surface area contributed by atoms with Gasteiger partial charge < -0.3 is 5.32 Å². The highest BCUT2D eigenvalue weighted by molar-refractivity contribution is 7.99. The van der Waals surface area contributed by atoms with Gasteiger partial charge in [-0.25, -0.2) is 4.39 Å². The molecule has 0 bridgehead atoms. The molecule has 4 nitrogen and oxygen atoms in total. The van der Waals surface area contributed by atoms with Gasteiger partial charge in [-0.3, -0.25) is 14.5 Å². The Morgan fingerprint density at radius 2 is 2.00 bits per heavy atom. The fourth-order valence-corrected chi connectivity index (χ4v) is 7.83. The van der Waals surface area contributed by atoms with E-state index in [4.69, 9.17) is 11.6 Å². The predicted molar refractivity (Wildman–Crippen MR) is 126 cm³/mol. The van der Waals surface area contributed by atoms with Crippen molar-refractivity contribution in [3.63, 3.8) is 0 Å². The highest BCUT2D eigenvalue weighted by Crippen LogP contribution is 2.61. The third-order valence-electron chi connectivity index (χ3n) is 6.88. The van der Waals surface area contributed by atoms with Crippen LogP contribution >= 0.6 is 34.7 Å². The van der Waals surface area contributed by atoms with Crippen LogP contribution in [0.2, 0.25) is 5.02 Å². The van der Waals surface area contributed by atoms with Crippen molar-refractivity contribution in [1.82, 2.24) is 4.90 Å². The fraction of sp³-hybridized carbons (Fsp3) is 0.250. The second-order valence-electron chi connectivity index (χ2n) is 8.34. The van der Waals surface area contributed by atoms with E-state index in [-0.39, 0.29) is 23.7 Å². The summed E-state index contributed by atoms with van der Waals surface area (Å²) in [5.74, 6) is -0.259. The first kappa shape index (κ1) is 20.4. The van der Waals surface area contributed by atoms with Crippen LogP contribution < -0.4 is 5.32 Å². The number of anilines is 1. The molecular weight excluding hydrogens is 467 g/mol. The minimum Gasteiger partial charge on any atom is -0.324 e. The zero-order chi connectivity index (χ0) is 22.0. The number of nitrogens with zero attached hydrogens (tertiary/aromatic N) is 1. The van der Waals surface area contributed by atoms with Crippen LogP contribution in [0.3, 0.4) is 0 Å². The Bertz CT molecular complexity index is 1230. The minimum absolute atomic E-state index is 0.0324. The van der Waals surface area contributed by atoms with Gasteiger partial charge in [-0.1, -0.05) is 29.8 Å². The summed E-state index contributed by atoms with van der Waals surface area (Å²) in [5.41, 5.74) is 0.849. The average Bonchev–Trinajstić information content (AvgIpc) is 3.55. The van der Waals surface area contributed by atoms with Crippen LogP contribution in [0.5, 0.6) is 0 Å². The van der Waals surface area contributed by atoms with E-state index in [1.807, 2.05) is 35.7 Å². The number of amides is 1. The molecule has 2 aromatic carbocycles. The molecule has 4 heterocycles. The summed E-state index contributed by atoms with van der Waals surface area (Å²) in [5, 5.41) is 5.44. The molecule has 1 N–H and O–H groups in total. The lowest BCUT2D eigenvalue weighted by atomic mass is 9.70. The van der Waals surface area contributed by atoms with Crippen LogP contribution in [0, 0.1) is 11.7 Å². The Morgan fingerprint density at radius 1 is 1.19 bits per heavy atom. The highest BCUT2D eigenvalue weighted by atomic mass is 35.5. The van der Waals surface area contributed by atoms with Crippen molar-refractivity contribution in [2.24, 2.45) is 5.92 Å². The average molecular weight is 485 g/mol. The zero-order valence-electron chi connectivity index (χ0n) is 16.8. The Balaban J connectivity index is 1.63. The molecular formula is C24H18ClFN2O2S2. The van der Waals surface area contributed by atoms with Gasteiger partial charge in [0, 0.05) is 39.9 Å². The SMILES string of the molecule is O=C(c1cccs1)[C@H]1[C@@H](c2ccc(Cl)cc2)[C@@H]2CSCN2[C@@]12C(=O)Nc1ccc(F)cc12.